The molecule has 270 valence electrons. The summed E-state index contributed by atoms with van der Waals surface area (Å²) < 4.78 is 2.28. The molecule has 0 atom stereocenters. The van der Waals surface area contributed by atoms with Crippen molar-refractivity contribution in [3.8, 4) is 50.2 Å². The largest absolute Gasteiger partial charge is 0.296 e. The van der Waals surface area contributed by atoms with Crippen molar-refractivity contribution in [2.75, 3.05) is 0 Å². The van der Waals surface area contributed by atoms with Gasteiger partial charge in [-0.25, -0.2) is 4.98 Å². The molecule has 12 heteroatoms. The molecule has 0 aliphatic carbocycles. The third kappa shape index (κ3) is 6.27. The van der Waals surface area contributed by atoms with Crippen LogP contribution in [0.4, 0.5) is 0 Å². The van der Waals surface area contributed by atoms with Crippen LogP contribution >= 0.6 is 0 Å². The van der Waals surface area contributed by atoms with Crippen molar-refractivity contribution in [2.24, 2.45) is 0 Å². The number of hydrogen-bond acceptors (Lipinski definition) is 1. The molecule has 10 aromatic rings. The maximum absolute atomic E-state index is 6.71. The van der Waals surface area contributed by atoms with Gasteiger partial charge < -0.3 is 0 Å². The molecule has 0 N–H and O–H groups in total. The first-order chi connectivity index (χ1) is 30.4. The minimum Gasteiger partial charge on any atom is -0.296 e. The minimum atomic E-state index is 0.146. The lowest BCUT2D eigenvalue weighted by Gasteiger charge is -2.24. The van der Waals surface area contributed by atoms with Gasteiger partial charge in [0.2, 0.25) is 0 Å². The fraction of sp³-hybridized carbons (Fsp3) is 0.0392. The summed E-state index contributed by atoms with van der Waals surface area (Å²) in [5.74, 6) is 0.986. The van der Waals surface area contributed by atoms with E-state index in [-0.39, 0.29) is 54.6 Å². The van der Waals surface area contributed by atoms with Gasteiger partial charge in [-0.05, 0) is 102 Å². The van der Waals surface area contributed by atoms with E-state index in [0.29, 0.717) is 22.3 Å². The highest BCUT2D eigenvalue weighted by molar-refractivity contribution is 6.70. The summed E-state index contributed by atoms with van der Waals surface area (Å²) in [6.45, 7) is 2.14. The van der Waals surface area contributed by atoms with Crippen LogP contribution in [-0.4, -0.2) is 88.0 Å². The second-order valence-electron chi connectivity index (χ2n) is 15.9. The number of benzene rings is 9. The van der Waals surface area contributed by atoms with E-state index in [1.165, 1.54) is 0 Å². The van der Waals surface area contributed by atoms with Crippen molar-refractivity contribution in [3.05, 3.63) is 133 Å². The number of aromatic nitrogens is 2. The first-order valence-electron chi connectivity index (χ1n) is 20.5. The number of rotatable bonds is 6. The number of hydrogen-bond donors (Lipinski definition) is 0. The van der Waals surface area contributed by atoms with Gasteiger partial charge in [-0.1, -0.05) is 126 Å². The Morgan fingerprint density at radius 3 is 1.46 bits per heavy atom. The van der Waals surface area contributed by atoms with Crippen LogP contribution in [-0.2, 0) is 6.42 Å². The van der Waals surface area contributed by atoms with Crippen LogP contribution in [0, 0.1) is 0 Å². The molecule has 0 saturated heterocycles. The quantitative estimate of drug-likeness (QED) is 0.186. The van der Waals surface area contributed by atoms with Crippen LogP contribution in [0.25, 0.3) is 93.5 Å². The smallest absolute Gasteiger partial charge is 0.114 e. The highest BCUT2D eigenvalue weighted by Gasteiger charge is 2.23. The number of aryl methyl sites for hydroxylation is 1. The van der Waals surface area contributed by atoms with E-state index >= 15 is 0 Å². The maximum atomic E-state index is 6.71. The van der Waals surface area contributed by atoms with E-state index in [1.54, 1.807) is 0 Å². The first-order valence-corrected chi connectivity index (χ1v) is 20.5. The van der Waals surface area contributed by atoms with Gasteiger partial charge >= 0.3 is 0 Å². The molecule has 0 saturated carbocycles. The number of nitrogens with zero attached hydrogens (tertiary/aromatic N) is 2. The van der Waals surface area contributed by atoms with Crippen LogP contribution in [0.1, 0.15) is 12.7 Å². The Bertz CT molecular complexity index is 3520. The Morgan fingerprint density at radius 2 is 0.857 bits per heavy atom. The van der Waals surface area contributed by atoms with Crippen molar-refractivity contribution < 1.29 is 0 Å². The highest BCUT2D eigenvalue weighted by atomic mass is 15.1. The summed E-state index contributed by atoms with van der Waals surface area (Å²) in [4.78, 5) is 5.01. The van der Waals surface area contributed by atoms with E-state index < -0.39 is 0 Å². The predicted octanol–water partition coefficient (Wildman–Crippen LogP) is 1.65. The second kappa shape index (κ2) is 15.6. The van der Waals surface area contributed by atoms with E-state index in [2.05, 4.69) is 102 Å². The van der Waals surface area contributed by atoms with Crippen molar-refractivity contribution in [1.82, 2.24) is 9.55 Å². The van der Waals surface area contributed by atoms with E-state index in [4.69, 9.17) is 83.4 Å². The minimum absolute atomic E-state index is 0.146. The highest BCUT2D eigenvalue weighted by Crippen LogP contribution is 2.47. The predicted molar refractivity (Wildman–Crippen MR) is 279 cm³/mol. The molecule has 1 heterocycles. The van der Waals surface area contributed by atoms with E-state index in [0.717, 1.165) is 83.5 Å². The third-order valence-electron chi connectivity index (χ3n) is 12.5. The van der Waals surface area contributed by atoms with E-state index in [1.807, 2.05) is 36.4 Å². The Balaban J connectivity index is 1.32. The van der Waals surface area contributed by atoms with Crippen molar-refractivity contribution in [2.45, 2.75) is 13.3 Å². The lowest BCUT2D eigenvalue weighted by atomic mass is 9.59. The summed E-state index contributed by atoms with van der Waals surface area (Å²) in [5.41, 5.74) is 11.4. The lowest BCUT2D eigenvalue weighted by Crippen LogP contribution is -2.55. The number of fused-ring (bicyclic) bond motifs is 4. The fourth-order valence-electron chi connectivity index (χ4n) is 9.36. The Labute approximate surface area is 380 Å². The standard InChI is InChI=1S/C51H26B10N2/c1-2-37-62-34-16-7-8-17-36(34)63(37)35-21-20-31(27-12-3-4-13-28(27)35)41-30-15-6-5-14-29(30)38(24-10-9-11-25(22-24)39-42(52)46(56)50(60)47(57)43(39)53)33-23-26(18-19-32(33)41)40-44(54)48(58)51(61)49(59)45(40)55/h3-23H,2H2,1H3. The molecule has 9 aromatic carbocycles. The zero-order valence-corrected chi connectivity index (χ0v) is 34.5. The van der Waals surface area contributed by atoms with Crippen molar-refractivity contribution in [3.63, 3.8) is 0 Å². The summed E-state index contributed by atoms with van der Waals surface area (Å²) in [5, 5.41) is 6.09. The topological polar surface area (TPSA) is 17.8 Å². The number of para-hydroxylation sites is 2. The molecule has 10 rings (SSSR count). The molecule has 0 fully saturated rings. The molecular formula is C51H26B10N2. The molecule has 0 amide bonds. The fourth-order valence-corrected chi connectivity index (χ4v) is 9.36. The van der Waals surface area contributed by atoms with Crippen LogP contribution < -0.4 is 54.6 Å². The van der Waals surface area contributed by atoms with Gasteiger partial charge in [0.1, 0.15) is 84.3 Å². The van der Waals surface area contributed by atoms with Crippen LogP contribution in [0.5, 0.6) is 0 Å². The summed E-state index contributed by atoms with van der Waals surface area (Å²) in [6.07, 6.45) is 0.768. The van der Waals surface area contributed by atoms with Crippen molar-refractivity contribution >= 4 is 176 Å². The summed E-state index contributed by atoms with van der Waals surface area (Å²) in [7, 11) is 64.7. The molecule has 0 spiro atoms. The Kier molecular flexibility index (Phi) is 10.1. The molecule has 0 aliphatic rings. The van der Waals surface area contributed by atoms with Gasteiger partial charge in [0.05, 0.1) is 16.7 Å². The van der Waals surface area contributed by atoms with Gasteiger partial charge in [-0.15, -0.1) is 32.8 Å². The normalized spacial score (nSPS) is 11.6. The van der Waals surface area contributed by atoms with Crippen LogP contribution in [0.2, 0.25) is 0 Å². The summed E-state index contributed by atoms with van der Waals surface area (Å²) >= 11 is 0. The first kappa shape index (κ1) is 40.9. The second-order valence-corrected chi connectivity index (χ2v) is 15.9. The zero-order chi connectivity index (χ0) is 44.0. The van der Waals surface area contributed by atoms with Crippen LogP contribution in [0.3, 0.4) is 0 Å². The maximum Gasteiger partial charge on any atom is 0.114 e. The van der Waals surface area contributed by atoms with Gasteiger partial charge in [-0.3, -0.25) is 4.57 Å². The number of imidazole rings is 1. The molecule has 0 bridgehead atoms. The average molecular weight is 775 g/mol. The van der Waals surface area contributed by atoms with Gasteiger partial charge in [0, 0.05) is 11.8 Å². The zero-order valence-electron chi connectivity index (χ0n) is 34.5. The lowest BCUT2D eigenvalue weighted by molar-refractivity contribution is 0.913. The molecule has 0 unspecified atom stereocenters. The molecule has 20 radical (unpaired) electrons. The van der Waals surface area contributed by atoms with Gasteiger partial charge in [0.15, 0.2) is 0 Å². The van der Waals surface area contributed by atoms with Crippen molar-refractivity contribution in [1.29, 1.82) is 0 Å². The van der Waals surface area contributed by atoms with Crippen LogP contribution in [0.15, 0.2) is 127 Å². The monoisotopic (exact) mass is 776 g/mol. The Morgan fingerprint density at radius 1 is 0.381 bits per heavy atom. The Hall–Kier alpha value is -6.12. The molecule has 63 heavy (non-hydrogen) atoms. The van der Waals surface area contributed by atoms with E-state index in [9.17, 15) is 0 Å². The van der Waals surface area contributed by atoms with Gasteiger partial charge in [0.25, 0.3) is 0 Å². The molecule has 0 aliphatic heterocycles. The summed E-state index contributed by atoms with van der Waals surface area (Å²) in [6, 6.07) is 43.8. The average Bonchev–Trinajstić information content (AvgIpc) is 3.69. The molecule has 2 nitrogen and oxygen atoms in total. The molecule has 1 aromatic heterocycles. The third-order valence-corrected chi connectivity index (χ3v) is 12.5. The molecular weight excluding hydrogens is 749 g/mol. The van der Waals surface area contributed by atoms with Gasteiger partial charge in [-0.2, -0.15) is 0 Å². The SMILES string of the molecule is [B]c1c([B])c([B])c(-c2cccc(-c3c4ccccc4c(-c4ccc(-n5c(CC)nc6ccccc65)c5ccccc45)c4ccc(-c5c([B])c([B])c([B])c([B])c5[B])cc34)c2)c([B])c1[B].